The normalized spacial score (nSPS) is 12.1. The first-order valence-electron chi connectivity index (χ1n) is 6.08. The van der Waals surface area contributed by atoms with Crippen LogP contribution in [0.4, 0.5) is 26.3 Å². The molecule has 2 aromatic rings. The molecule has 1 heterocycles. The van der Waals surface area contributed by atoms with Gasteiger partial charge in [-0.2, -0.15) is 13.2 Å². The summed E-state index contributed by atoms with van der Waals surface area (Å²) in [6.45, 7) is 0. The Morgan fingerprint density at radius 3 is 2.17 bits per heavy atom. The van der Waals surface area contributed by atoms with Crippen LogP contribution in [-0.2, 0) is 6.18 Å². The Bertz CT molecular complexity index is 696. The number of rotatable bonds is 3. The fourth-order valence-corrected chi connectivity index (χ4v) is 1.80. The van der Waals surface area contributed by atoms with Crippen molar-refractivity contribution in [3.63, 3.8) is 0 Å². The number of alkyl halides is 6. The Kier molecular flexibility index (Phi) is 4.39. The molecular formula is C14H9F6NO2. The molecule has 2 rings (SSSR count). The van der Waals surface area contributed by atoms with E-state index in [9.17, 15) is 26.3 Å². The van der Waals surface area contributed by atoms with E-state index in [1.165, 1.54) is 18.2 Å². The van der Waals surface area contributed by atoms with Crippen LogP contribution in [0.15, 0.2) is 36.4 Å². The molecule has 0 spiro atoms. The van der Waals surface area contributed by atoms with Crippen LogP contribution in [0.1, 0.15) is 5.69 Å². The molecule has 23 heavy (non-hydrogen) atoms. The summed E-state index contributed by atoms with van der Waals surface area (Å²) in [4.78, 5) is 3.36. The van der Waals surface area contributed by atoms with Crippen molar-refractivity contribution in [3.05, 3.63) is 42.1 Å². The van der Waals surface area contributed by atoms with Gasteiger partial charge in [-0.3, -0.25) is 0 Å². The topological polar surface area (TPSA) is 31.4 Å². The molecule has 3 nitrogen and oxygen atoms in total. The summed E-state index contributed by atoms with van der Waals surface area (Å²) in [5.74, 6) is -0.849. The van der Waals surface area contributed by atoms with Gasteiger partial charge < -0.3 is 9.47 Å². The predicted molar refractivity (Wildman–Crippen MR) is 67.9 cm³/mol. The SMILES string of the molecule is COc1cc(-c2ccccc2OC(F)(F)F)nc(C(F)(F)F)c1. The molecule has 0 radical (unpaired) electrons. The van der Waals surface area contributed by atoms with Crippen molar-refractivity contribution >= 4 is 0 Å². The first-order chi connectivity index (χ1) is 10.6. The van der Waals surface area contributed by atoms with E-state index < -0.39 is 24.0 Å². The molecule has 0 saturated heterocycles. The molecule has 0 amide bonds. The molecule has 1 aromatic carbocycles. The van der Waals surface area contributed by atoms with Gasteiger partial charge in [0.2, 0.25) is 0 Å². The number of pyridine rings is 1. The quantitative estimate of drug-likeness (QED) is 0.763. The molecule has 0 bridgehead atoms. The number of para-hydroxylation sites is 1. The van der Waals surface area contributed by atoms with Gasteiger partial charge in [-0.15, -0.1) is 13.2 Å². The minimum Gasteiger partial charge on any atom is -0.497 e. The number of methoxy groups -OCH3 is 1. The molecule has 0 atom stereocenters. The molecule has 9 heteroatoms. The second kappa shape index (κ2) is 5.98. The maximum Gasteiger partial charge on any atom is 0.573 e. The van der Waals surface area contributed by atoms with E-state index in [2.05, 4.69) is 9.72 Å². The summed E-state index contributed by atoms with van der Waals surface area (Å²) >= 11 is 0. The van der Waals surface area contributed by atoms with Crippen LogP contribution in [0.2, 0.25) is 0 Å². The van der Waals surface area contributed by atoms with Gasteiger partial charge in [0.25, 0.3) is 0 Å². The minimum absolute atomic E-state index is 0.191. The van der Waals surface area contributed by atoms with E-state index in [0.29, 0.717) is 6.07 Å². The second-order valence-corrected chi connectivity index (χ2v) is 4.32. The minimum atomic E-state index is -4.98. The molecule has 0 N–H and O–H groups in total. The van der Waals surface area contributed by atoms with E-state index in [-0.39, 0.29) is 17.0 Å². The Labute approximate surface area is 126 Å². The van der Waals surface area contributed by atoms with Crippen molar-refractivity contribution in [3.8, 4) is 22.8 Å². The van der Waals surface area contributed by atoms with Crippen molar-refractivity contribution in [2.45, 2.75) is 12.5 Å². The Morgan fingerprint density at radius 2 is 1.61 bits per heavy atom. The number of hydrogen-bond donors (Lipinski definition) is 0. The Morgan fingerprint density at radius 1 is 0.957 bits per heavy atom. The predicted octanol–water partition coefficient (Wildman–Crippen LogP) is 4.67. The number of halogens is 6. The van der Waals surface area contributed by atoms with E-state index in [4.69, 9.17) is 4.74 Å². The lowest BCUT2D eigenvalue weighted by molar-refractivity contribution is -0.274. The number of benzene rings is 1. The van der Waals surface area contributed by atoms with Gasteiger partial charge in [0.1, 0.15) is 17.2 Å². The third kappa shape index (κ3) is 4.27. The van der Waals surface area contributed by atoms with Crippen LogP contribution < -0.4 is 9.47 Å². The highest BCUT2D eigenvalue weighted by Crippen LogP contribution is 2.37. The maximum absolute atomic E-state index is 12.8. The average Bonchev–Trinajstić information content (AvgIpc) is 2.44. The van der Waals surface area contributed by atoms with Crippen molar-refractivity contribution < 1.29 is 35.8 Å². The van der Waals surface area contributed by atoms with Gasteiger partial charge in [0.05, 0.1) is 12.8 Å². The fraction of sp³-hybridized carbons (Fsp3) is 0.214. The third-order valence-corrected chi connectivity index (χ3v) is 2.71. The monoisotopic (exact) mass is 337 g/mol. The maximum atomic E-state index is 12.8. The molecule has 0 aliphatic rings. The number of aromatic nitrogens is 1. The summed E-state index contributed by atoms with van der Waals surface area (Å²) in [5, 5.41) is 0. The highest BCUT2D eigenvalue weighted by molar-refractivity contribution is 5.68. The van der Waals surface area contributed by atoms with Crippen LogP contribution in [0.3, 0.4) is 0 Å². The lowest BCUT2D eigenvalue weighted by Crippen LogP contribution is -2.17. The van der Waals surface area contributed by atoms with Gasteiger partial charge in [0, 0.05) is 17.7 Å². The van der Waals surface area contributed by atoms with Crippen molar-refractivity contribution in [2.75, 3.05) is 7.11 Å². The third-order valence-electron chi connectivity index (χ3n) is 2.71. The van der Waals surface area contributed by atoms with E-state index in [0.717, 1.165) is 19.2 Å². The van der Waals surface area contributed by atoms with Crippen LogP contribution in [0.5, 0.6) is 11.5 Å². The Balaban J connectivity index is 2.58. The van der Waals surface area contributed by atoms with Crippen LogP contribution in [0.25, 0.3) is 11.3 Å². The summed E-state index contributed by atoms with van der Waals surface area (Å²) < 4.78 is 84.3. The molecular weight excluding hydrogens is 328 g/mol. The highest BCUT2D eigenvalue weighted by atomic mass is 19.4. The van der Waals surface area contributed by atoms with Crippen molar-refractivity contribution in [2.24, 2.45) is 0 Å². The zero-order chi connectivity index (χ0) is 17.3. The molecule has 1 aromatic heterocycles. The van der Waals surface area contributed by atoms with Crippen molar-refractivity contribution in [1.82, 2.24) is 4.98 Å². The van der Waals surface area contributed by atoms with Crippen LogP contribution in [0, 0.1) is 0 Å². The van der Waals surface area contributed by atoms with Gasteiger partial charge in [-0.25, -0.2) is 4.98 Å². The average molecular weight is 337 g/mol. The fourth-order valence-electron chi connectivity index (χ4n) is 1.80. The molecule has 0 unspecified atom stereocenters. The Hall–Kier alpha value is -2.45. The van der Waals surface area contributed by atoms with E-state index in [1.807, 2.05) is 0 Å². The van der Waals surface area contributed by atoms with Gasteiger partial charge >= 0.3 is 12.5 Å². The molecule has 0 fully saturated rings. The zero-order valence-corrected chi connectivity index (χ0v) is 11.5. The number of ether oxygens (including phenoxy) is 2. The van der Waals surface area contributed by atoms with E-state index in [1.54, 1.807) is 0 Å². The molecule has 0 saturated carbocycles. The van der Waals surface area contributed by atoms with Crippen LogP contribution in [-0.4, -0.2) is 18.5 Å². The first kappa shape index (κ1) is 16.9. The summed E-state index contributed by atoms with van der Waals surface area (Å²) in [6, 6.07) is 6.51. The highest BCUT2D eigenvalue weighted by Gasteiger charge is 2.35. The summed E-state index contributed by atoms with van der Waals surface area (Å²) in [7, 11) is 1.14. The van der Waals surface area contributed by atoms with Gasteiger partial charge in [-0.1, -0.05) is 12.1 Å². The smallest absolute Gasteiger partial charge is 0.497 e. The van der Waals surface area contributed by atoms with E-state index >= 15 is 0 Å². The van der Waals surface area contributed by atoms with Crippen molar-refractivity contribution in [1.29, 1.82) is 0 Å². The second-order valence-electron chi connectivity index (χ2n) is 4.32. The summed E-state index contributed by atoms with van der Waals surface area (Å²) in [6.07, 6.45) is -9.76. The summed E-state index contributed by atoms with van der Waals surface area (Å²) in [5.41, 5.74) is -1.88. The number of nitrogens with zero attached hydrogens (tertiary/aromatic N) is 1. The molecule has 0 aliphatic heterocycles. The number of hydrogen-bond acceptors (Lipinski definition) is 3. The van der Waals surface area contributed by atoms with Crippen LogP contribution >= 0.6 is 0 Å². The molecule has 0 aliphatic carbocycles. The molecule has 124 valence electrons. The lowest BCUT2D eigenvalue weighted by atomic mass is 10.1. The zero-order valence-electron chi connectivity index (χ0n) is 11.5. The standard InChI is InChI=1S/C14H9F6NO2/c1-22-8-6-10(21-12(7-8)13(15,16)17)9-4-2-3-5-11(9)23-14(18,19)20/h2-7H,1H3. The largest absolute Gasteiger partial charge is 0.573 e. The lowest BCUT2D eigenvalue weighted by Gasteiger charge is -2.15. The first-order valence-corrected chi connectivity index (χ1v) is 6.08. The van der Waals surface area contributed by atoms with Gasteiger partial charge in [-0.05, 0) is 12.1 Å². The van der Waals surface area contributed by atoms with Gasteiger partial charge in [0.15, 0.2) is 0 Å².